The number of carbonyl (C=O) groups is 2. The van der Waals surface area contributed by atoms with Crippen molar-refractivity contribution in [3.8, 4) is 0 Å². The lowest BCUT2D eigenvalue weighted by Crippen LogP contribution is -2.41. The van der Waals surface area contributed by atoms with Crippen molar-refractivity contribution in [3.63, 3.8) is 0 Å². The zero-order valence-corrected chi connectivity index (χ0v) is 17.0. The average molecular weight is 394 g/mol. The maximum atomic E-state index is 12.8. The molecule has 0 aliphatic rings. The van der Waals surface area contributed by atoms with E-state index in [-0.39, 0.29) is 5.91 Å². The van der Waals surface area contributed by atoms with Gasteiger partial charge in [0.05, 0.1) is 10.5 Å². The third-order valence-corrected chi connectivity index (χ3v) is 5.55. The van der Waals surface area contributed by atoms with Gasteiger partial charge in [-0.15, -0.1) is 0 Å². The number of imide groups is 1. The van der Waals surface area contributed by atoms with Gasteiger partial charge in [-0.2, -0.15) is 0 Å². The molecule has 28 heavy (non-hydrogen) atoms. The monoisotopic (exact) mass is 393 g/mol. The van der Waals surface area contributed by atoms with Crippen LogP contribution in [-0.2, 0) is 4.79 Å². The average Bonchev–Trinajstić information content (AvgIpc) is 2.68. The second-order valence-electron chi connectivity index (χ2n) is 6.51. The van der Waals surface area contributed by atoms with Gasteiger partial charge in [-0.3, -0.25) is 10.1 Å². The van der Waals surface area contributed by atoms with Gasteiger partial charge >= 0.3 is 6.03 Å². The van der Waals surface area contributed by atoms with Crippen molar-refractivity contribution >= 4 is 34.6 Å². The summed E-state index contributed by atoms with van der Waals surface area (Å²) in [7, 11) is 0. The second kappa shape index (κ2) is 8.89. The number of amides is 3. The van der Waals surface area contributed by atoms with Crippen LogP contribution < -0.4 is 10.6 Å². The third-order valence-electron chi connectivity index (χ3n) is 4.38. The van der Waals surface area contributed by atoms with Gasteiger partial charge in [0.2, 0.25) is 5.91 Å². The van der Waals surface area contributed by atoms with Crippen LogP contribution in [0.5, 0.6) is 0 Å². The van der Waals surface area contributed by atoms with E-state index in [9.17, 15) is 9.59 Å². The fraction of sp³-hybridized carbons (Fsp3) is 0.227. The number of nitrogens with zero attached hydrogens (tertiary/aromatic N) is 1. The molecule has 3 rings (SSSR count). The van der Waals surface area contributed by atoms with Gasteiger partial charge in [-0.1, -0.05) is 60.3 Å². The van der Waals surface area contributed by atoms with E-state index in [0.717, 1.165) is 32.6 Å². The zero-order chi connectivity index (χ0) is 20.1. The number of rotatable bonds is 5. The molecular formula is C22H23N3O2S. The molecule has 0 aliphatic heterocycles. The molecule has 6 heteroatoms. The number of thioether (sulfide) groups is 1. The Hall–Kier alpha value is -2.86. The Morgan fingerprint density at radius 1 is 1.04 bits per heavy atom. The number of fused-ring (bicyclic) bond motifs is 1. The minimum atomic E-state index is -0.586. The normalized spacial score (nSPS) is 11.8. The maximum Gasteiger partial charge on any atom is 0.321 e. The van der Waals surface area contributed by atoms with Gasteiger partial charge < -0.3 is 5.32 Å². The molecule has 0 radical (unpaired) electrons. The van der Waals surface area contributed by atoms with Crippen molar-refractivity contribution in [2.75, 3.05) is 6.54 Å². The van der Waals surface area contributed by atoms with E-state index < -0.39 is 11.3 Å². The first-order valence-corrected chi connectivity index (χ1v) is 10.0. The molecule has 0 saturated heterocycles. The summed E-state index contributed by atoms with van der Waals surface area (Å²) in [6.07, 6.45) is 0. The Bertz CT molecular complexity index is 1010. The van der Waals surface area contributed by atoms with Crippen LogP contribution in [0, 0.1) is 13.8 Å². The number of hydrogen-bond donors (Lipinski definition) is 2. The van der Waals surface area contributed by atoms with Gasteiger partial charge in [0.1, 0.15) is 5.25 Å². The molecular weight excluding hydrogens is 370 g/mol. The lowest BCUT2D eigenvalue weighted by Gasteiger charge is -2.17. The quantitative estimate of drug-likeness (QED) is 0.625. The van der Waals surface area contributed by atoms with Crippen LogP contribution in [-0.4, -0.2) is 23.5 Å². The van der Waals surface area contributed by atoms with E-state index in [1.807, 2.05) is 62.4 Å². The predicted molar refractivity (Wildman–Crippen MR) is 113 cm³/mol. The van der Waals surface area contributed by atoms with Crippen LogP contribution in [0.15, 0.2) is 59.6 Å². The second-order valence-corrected chi connectivity index (χ2v) is 7.63. The van der Waals surface area contributed by atoms with Crippen molar-refractivity contribution in [2.24, 2.45) is 0 Å². The molecule has 0 fully saturated rings. The Balaban J connectivity index is 1.95. The molecule has 2 aromatic carbocycles. The van der Waals surface area contributed by atoms with Gasteiger partial charge in [0.15, 0.2) is 0 Å². The summed E-state index contributed by atoms with van der Waals surface area (Å²) < 4.78 is 0. The highest BCUT2D eigenvalue weighted by atomic mass is 32.2. The van der Waals surface area contributed by atoms with Gasteiger partial charge in [-0.05, 0) is 43.5 Å². The molecule has 1 heterocycles. The zero-order valence-electron chi connectivity index (χ0n) is 16.2. The summed E-state index contributed by atoms with van der Waals surface area (Å²) in [5.41, 5.74) is 3.94. The molecule has 0 spiro atoms. The van der Waals surface area contributed by atoms with Gasteiger partial charge in [0, 0.05) is 11.9 Å². The highest BCUT2D eigenvalue weighted by Crippen LogP contribution is 2.36. The van der Waals surface area contributed by atoms with Crippen LogP contribution in [0.1, 0.15) is 28.9 Å². The van der Waals surface area contributed by atoms with Crippen LogP contribution >= 0.6 is 11.8 Å². The van der Waals surface area contributed by atoms with Crippen LogP contribution in [0.4, 0.5) is 4.79 Å². The predicted octanol–water partition coefficient (Wildman–Crippen LogP) is 4.53. The number of aryl methyl sites for hydroxylation is 2. The standard InChI is InChI=1S/C22H23N3O2S/c1-4-23-22(27)25-21(26)20(16-10-6-5-7-11-16)28-18-13-15(3)17-12-8-9-14(2)19(17)24-18/h5-13,20H,4H2,1-3H3,(H2,23,25,26,27)/t20-/m1/s1. The van der Waals surface area contributed by atoms with E-state index in [1.54, 1.807) is 6.92 Å². The number of para-hydroxylation sites is 1. The topological polar surface area (TPSA) is 71.1 Å². The molecule has 0 aliphatic carbocycles. The lowest BCUT2D eigenvalue weighted by atomic mass is 10.1. The summed E-state index contributed by atoms with van der Waals surface area (Å²) in [5.74, 6) is -0.369. The number of hydrogen-bond acceptors (Lipinski definition) is 4. The minimum Gasteiger partial charge on any atom is -0.338 e. The largest absolute Gasteiger partial charge is 0.338 e. The van der Waals surface area contributed by atoms with Crippen molar-refractivity contribution in [3.05, 3.63) is 71.3 Å². The number of aromatic nitrogens is 1. The number of carbonyl (C=O) groups excluding carboxylic acids is 2. The smallest absolute Gasteiger partial charge is 0.321 e. The highest BCUT2D eigenvalue weighted by molar-refractivity contribution is 8.00. The summed E-state index contributed by atoms with van der Waals surface area (Å²) in [5, 5.41) is 6.28. The molecule has 144 valence electrons. The molecule has 3 aromatic rings. The molecule has 0 bridgehead atoms. The summed E-state index contributed by atoms with van der Waals surface area (Å²) in [6.45, 7) is 6.32. The first kappa shape index (κ1) is 19.9. The lowest BCUT2D eigenvalue weighted by molar-refractivity contribution is -0.119. The fourth-order valence-electron chi connectivity index (χ4n) is 3.00. The molecule has 2 N–H and O–H groups in total. The molecule has 3 amide bonds. The minimum absolute atomic E-state index is 0.369. The van der Waals surface area contributed by atoms with E-state index in [4.69, 9.17) is 4.98 Å². The number of pyridine rings is 1. The number of benzene rings is 2. The Kier molecular flexibility index (Phi) is 6.31. The Morgan fingerprint density at radius 2 is 1.79 bits per heavy atom. The summed E-state index contributed by atoms with van der Waals surface area (Å²) in [4.78, 5) is 29.5. The van der Waals surface area contributed by atoms with E-state index in [0.29, 0.717) is 6.54 Å². The van der Waals surface area contributed by atoms with E-state index >= 15 is 0 Å². The Morgan fingerprint density at radius 3 is 2.50 bits per heavy atom. The molecule has 1 aromatic heterocycles. The third kappa shape index (κ3) is 4.51. The molecule has 5 nitrogen and oxygen atoms in total. The summed E-state index contributed by atoms with van der Waals surface area (Å²) >= 11 is 1.34. The highest BCUT2D eigenvalue weighted by Gasteiger charge is 2.24. The first-order chi connectivity index (χ1) is 13.5. The molecule has 0 unspecified atom stereocenters. The van der Waals surface area contributed by atoms with Crippen molar-refractivity contribution < 1.29 is 9.59 Å². The number of urea groups is 1. The number of nitrogens with one attached hydrogen (secondary N) is 2. The first-order valence-electron chi connectivity index (χ1n) is 9.17. The molecule has 1 atom stereocenters. The van der Waals surface area contributed by atoms with E-state index in [1.165, 1.54) is 11.8 Å². The van der Waals surface area contributed by atoms with Crippen molar-refractivity contribution in [1.82, 2.24) is 15.6 Å². The van der Waals surface area contributed by atoms with Crippen molar-refractivity contribution in [2.45, 2.75) is 31.0 Å². The van der Waals surface area contributed by atoms with E-state index in [2.05, 4.69) is 16.7 Å². The van der Waals surface area contributed by atoms with Crippen molar-refractivity contribution in [1.29, 1.82) is 0 Å². The fourth-order valence-corrected chi connectivity index (χ4v) is 4.08. The van der Waals surface area contributed by atoms with Crippen LogP contribution in [0.2, 0.25) is 0 Å². The maximum absolute atomic E-state index is 12.8. The summed E-state index contributed by atoms with van der Waals surface area (Å²) in [6, 6.07) is 17.0. The van der Waals surface area contributed by atoms with Crippen LogP contribution in [0.3, 0.4) is 0 Å². The SMILES string of the molecule is CCNC(=O)NC(=O)[C@H](Sc1cc(C)c2cccc(C)c2n1)c1ccccc1. The van der Waals surface area contributed by atoms with Gasteiger partial charge in [-0.25, -0.2) is 9.78 Å². The Labute approximate surface area is 168 Å². The van der Waals surface area contributed by atoms with Crippen LogP contribution in [0.25, 0.3) is 10.9 Å². The van der Waals surface area contributed by atoms with Gasteiger partial charge in [0.25, 0.3) is 0 Å². The molecule has 0 saturated carbocycles.